The lowest BCUT2D eigenvalue weighted by atomic mass is 10.1. The quantitative estimate of drug-likeness (QED) is 0.896. The normalized spacial score (nSPS) is 14.1. The van der Waals surface area contributed by atoms with Crippen LogP contribution >= 0.6 is 0 Å². The molecular weight excluding hydrogens is 332 g/mol. The third kappa shape index (κ3) is 3.42. The van der Waals surface area contributed by atoms with E-state index in [9.17, 15) is 9.59 Å². The third-order valence-corrected chi connectivity index (χ3v) is 4.37. The molecule has 2 N–H and O–H groups in total. The molecule has 2 aromatic heterocycles. The van der Waals surface area contributed by atoms with E-state index in [4.69, 9.17) is 10.5 Å². The van der Waals surface area contributed by atoms with Gasteiger partial charge in [-0.3, -0.25) is 9.78 Å². The molecule has 0 atom stereocenters. The maximum atomic E-state index is 12.4. The fraction of sp³-hybridized carbons (Fsp3) is 0.421. The number of aromatic nitrogens is 2. The van der Waals surface area contributed by atoms with E-state index in [-0.39, 0.29) is 12.6 Å². The van der Waals surface area contributed by atoms with Crippen LogP contribution in [0.25, 0.3) is 11.3 Å². The molecule has 1 aliphatic rings. The lowest BCUT2D eigenvalue weighted by molar-refractivity contribution is 0.0198. The minimum Gasteiger partial charge on any atom is -0.444 e. The highest BCUT2D eigenvalue weighted by Crippen LogP contribution is 2.31. The Labute approximate surface area is 152 Å². The molecule has 7 nitrogen and oxygen atoms in total. The zero-order valence-electron chi connectivity index (χ0n) is 15.6. The average Bonchev–Trinajstić information content (AvgIpc) is 2.92. The van der Waals surface area contributed by atoms with Crippen LogP contribution in [-0.4, -0.2) is 38.6 Å². The summed E-state index contributed by atoms with van der Waals surface area (Å²) < 4.78 is 7.50. The number of pyridine rings is 1. The number of fused-ring (bicyclic) bond motifs is 1. The van der Waals surface area contributed by atoms with Crippen LogP contribution in [0.4, 0.5) is 4.79 Å². The molecule has 0 unspecified atom stereocenters. The molecule has 3 rings (SSSR count). The number of hydrogen-bond donors (Lipinski definition) is 1. The fourth-order valence-electron chi connectivity index (χ4n) is 3.15. The van der Waals surface area contributed by atoms with Gasteiger partial charge < -0.3 is 19.9 Å². The lowest BCUT2D eigenvalue weighted by Crippen LogP contribution is -2.42. The van der Waals surface area contributed by atoms with E-state index in [1.165, 1.54) is 0 Å². The van der Waals surface area contributed by atoms with Crippen LogP contribution in [0.2, 0.25) is 0 Å². The predicted molar refractivity (Wildman–Crippen MR) is 97.6 cm³/mol. The molecule has 0 spiro atoms. The zero-order valence-corrected chi connectivity index (χ0v) is 15.6. The molecule has 0 radical (unpaired) electrons. The summed E-state index contributed by atoms with van der Waals surface area (Å²) in [6.07, 6.45) is 3.13. The maximum absolute atomic E-state index is 12.4. The van der Waals surface area contributed by atoms with Crippen LogP contribution in [0.15, 0.2) is 24.5 Å². The minimum atomic E-state index is -0.568. The van der Waals surface area contributed by atoms with Crippen molar-refractivity contribution < 1.29 is 14.3 Å². The SMILES string of the molecule is Cc1ccncc1-c1cc(C(N)=O)c2n1CCN(C(=O)OC(C)(C)C)C2. The summed E-state index contributed by atoms with van der Waals surface area (Å²) in [5.74, 6) is -0.507. The van der Waals surface area contributed by atoms with Crippen LogP contribution in [0, 0.1) is 6.92 Å². The summed E-state index contributed by atoms with van der Waals surface area (Å²) in [5.41, 5.74) is 9.08. The van der Waals surface area contributed by atoms with Gasteiger partial charge in [0.2, 0.25) is 0 Å². The van der Waals surface area contributed by atoms with E-state index >= 15 is 0 Å². The number of nitrogens with two attached hydrogens (primary N) is 1. The average molecular weight is 356 g/mol. The second kappa shape index (κ2) is 6.48. The molecule has 0 aromatic carbocycles. The van der Waals surface area contributed by atoms with Crippen molar-refractivity contribution in [1.82, 2.24) is 14.5 Å². The molecule has 3 heterocycles. The van der Waals surface area contributed by atoms with Crippen LogP contribution in [-0.2, 0) is 17.8 Å². The molecule has 7 heteroatoms. The first-order chi connectivity index (χ1) is 12.2. The minimum absolute atomic E-state index is 0.284. The van der Waals surface area contributed by atoms with Gasteiger partial charge in [0.1, 0.15) is 5.60 Å². The van der Waals surface area contributed by atoms with Crippen molar-refractivity contribution in [3.05, 3.63) is 41.3 Å². The van der Waals surface area contributed by atoms with Crippen molar-refractivity contribution in [3.8, 4) is 11.3 Å². The Morgan fingerprint density at radius 3 is 2.62 bits per heavy atom. The summed E-state index contributed by atoms with van der Waals surface area (Å²) in [6.45, 7) is 8.83. The summed E-state index contributed by atoms with van der Waals surface area (Å²) in [6, 6.07) is 3.72. The molecule has 0 bridgehead atoms. The molecule has 26 heavy (non-hydrogen) atoms. The van der Waals surface area contributed by atoms with Crippen molar-refractivity contribution in [2.24, 2.45) is 5.73 Å². The second-order valence-corrected chi connectivity index (χ2v) is 7.50. The van der Waals surface area contributed by atoms with Gasteiger partial charge in [-0.05, 0) is 45.4 Å². The number of carbonyl (C=O) groups excluding carboxylic acids is 2. The molecule has 2 amide bonds. The number of rotatable bonds is 2. The summed E-state index contributed by atoms with van der Waals surface area (Å²) in [5, 5.41) is 0. The van der Waals surface area contributed by atoms with Crippen LogP contribution < -0.4 is 5.73 Å². The number of hydrogen-bond acceptors (Lipinski definition) is 4. The Hall–Kier alpha value is -2.83. The van der Waals surface area contributed by atoms with Gasteiger partial charge in [-0.25, -0.2) is 4.79 Å². The van der Waals surface area contributed by atoms with Crippen molar-refractivity contribution in [1.29, 1.82) is 0 Å². The first-order valence-corrected chi connectivity index (χ1v) is 8.58. The maximum Gasteiger partial charge on any atom is 0.410 e. The van der Waals surface area contributed by atoms with Gasteiger partial charge in [0, 0.05) is 31.0 Å². The Balaban J connectivity index is 1.99. The van der Waals surface area contributed by atoms with Crippen molar-refractivity contribution >= 4 is 12.0 Å². The third-order valence-electron chi connectivity index (χ3n) is 4.37. The molecule has 0 fully saturated rings. The summed E-state index contributed by atoms with van der Waals surface area (Å²) in [4.78, 5) is 30.2. The fourth-order valence-corrected chi connectivity index (χ4v) is 3.15. The summed E-state index contributed by atoms with van der Waals surface area (Å²) in [7, 11) is 0. The number of ether oxygens (including phenoxy) is 1. The standard InChI is InChI=1S/C19H24N4O3/c1-12-5-6-21-10-14(12)15-9-13(17(20)24)16-11-22(7-8-23(15)16)18(25)26-19(2,3)4/h5-6,9-10H,7-8,11H2,1-4H3,(H2,20,24). The van der Waals surface area contributed by atoms with Gasteiger partial charge >= 0.3 is 6.09 Å². The van der Waals surface area contributed by atoms with Gasteiger partial charge in [-0.2, -0.15) is 0 Å². The van der Waals surface area contributed by atoms with Gasteiger partial charge in [0.15, 0.2) is 0 Å². The number of primary amides is 1. The molecule has 2 aromatic rings. The zero-order chi connectivity index (χ0) is 19.1. The number of nitrogens with zero attached hydrogens (tertiary/aromatic N) is 3. The van der Waals surface area contributed by atoms with Crippen LogP contribution in [0.5, 0.6) is 0 Å². The van der Waals surface area contributed by atoms with E-state index in [0.717, 1.165) is 22.5 Å². The monoisotopic (exact) mass is 356 g/mol. The highest BCUT2D eigenvalue weighted by molar-refractivity contribution is 5.96. The van der Waals surface area contributed by atoms with Crippen LogP contribution in [0.3, 0.4) is 0 Å². The molecule has 0 saturated heterocycles. The Kier molecular flexibility index (Phi) is 4.48. The van der Waals surface area contributed by atoms with E-state index < -0.39 is 11.5 Å². The Morgan fingerprint density at radius 1 is 1.27 bits per heavy atom. The highest BCUT2D eigenvalue weighted by Gasteiger charge is 2.30. The molecule has 0 saturated carbocycles. The first kappa shape index (κ1) is 18.0. The van der Waals surface area contributed by atoms with E-state index in [2.05, 4.69) is 4.98 Å². The van der Waals surface area contributed by atoms with Crippen molar-refractivity contribution in [2.45, 2.75) is 46.4 Å². The molecule has 1 aliphatic heterocycles. The van der Waals surface area contributed by atoms with Gasteiger partial charge in [-0.15, -0.1) is 0 Å². The Morgan fingerprint density at radius 2 is 2.00 bits per heavy atom. The van der Waals surface area contributed by atoms with E-state index in [0.29, 0.717) is 18.7 Å². The smallest absolute Gasteiger partial charge is 0.410 e. The predicted octanol–water partition coefficient (Wildman–Crippen LogP) is 2.71. The highest BCUT2D eigenvalue weighted by atomic mass is 16.6. The Bertz CT molecular complexity index is 864. The summed E-state index contributed by atoms with van der Waals surface area (Å²) >= 11 is 0. The topological polar surface area (TPSA) is 90.5 Å². The first-order valence-electron chi connectivity index (χ1n) is 8.58. The van der Waals surface area contributed by atoms with Crippen molar-refractivity contribution in [2.75, 3.05) is 6.54 Å². The number of amides is 2. The van der Waals surface area contributed by atoms with E-state index in [1.54, 1.807) is 23.4 Å². The molecule has 0 aliphatic carbocycles. The van der Waals surface area contributed by atoms with Gasteiger partial charge in [0.25, 0.3) is 5.91 Å². The van der Waals surface area contributed by atoms with E-state index in [1.807, 2.05) is 38.3 Å². The van der Waals surface area contributed by atoms with Gasteiger partial charge in [-0.1, -0.05) is 0 Å². The second-order valence-electron chi connectivity index (χ2n) is 7.50. The van der Waals surface area contributed by atoms with Crippen LogP contribution in [0.1, 0.15) is 42.4 Å². The van der Waals surface area contributed by atoms with Gasteiger partial charge in [0.05, 0.1) is 23.5 Å². The number of aryl methyl sites for hydroxylation is 1. The molecule has 138 valence electrons. The lowest BCUT2D eigenvalue weighted by Gasteiger charge is -2.32. The largest absolute Gasteiger partial charge is 0.444 e. The number of carbonyl (C=O) groups is 2. The molecular formula is C19H24N4O3. The van der Waals surface area contributed by atoms with Crippen molar-refractivity contribution in [3.63, 3.8) is 0 Å².